The summed E-state index contributed by atoms with van der Waals surface area (Å²) >= 11 is 0. The molecule has 0 spiro atoms. The molecule has 1 unspecified atom stereocenters. The number of unbranched alkanes of at least 4 members (excludes halogenated alkanes) is 14. The van der Waals surface area contributed by atoms with Crippen molar-refractivity contribution in [3.8, 4) is 0 Å². The third kappa shape index (κ3) is 20.4. The van der Waals surface area contributed by atoms with E-state index in [9.17, 15) is 9.81 Å². The first-order valence-corrected chi connectivity index (χ1v) is 12.5. The molecule has 6 heteroatoms. The molecular formula is C24H49N3O3. The quantitative estimate of drug-likeness (QED) is 0.131. The Hall–Kier alpha value is -0.880. The molecule has 6 nitrogen and oxygen atoms in total. The van der Waals surface area contributed by atoms with Gasteiger partial charge in [-0.2, -0.15) is 9.81 Å². The molecule has 178 valence electrons. The van der Waals surface area contributed by atoms with Crippen LogP contribution in [0, 0.1) is 9.81 Å². The van der Waals surface area contributed by atoms with Crippen LogP contribution in [-0.2, 0) is 4.74 Å². The van der Waals surface area contributed by atoms with Gasteiger partial charge in [0.25, 0.3) is 0 Å². The monoisotopic (exact) mass is 427 g/mol. The van der Waals surface area contributed by atoms with Crippen LogP contribution in [0.25, 0.3) is 0 Å². The summed E-state index contributed by atoms with van der Waals surface area (Å²) in [5.41, 5.74) is -0.418. The molecular weight excluding hydrogens is 378 g/mol. The lowest BCUT2D eigenvalue weighted by Crippen LogP contribution is -2.46. The minimum atomic E-state index is -0.424. The summed E-state index contributed by atoms with van der Waals surface area (Å²) in [6.07, 6.45) is 20.2. The molecule has 0 saturated carbocycles. The lowest BCUT2D eigenvalue weighted by Gasteiger charge is -2.24. The van der Waals surface area contributed by atoms with Gasteiger partial charge in [-0.05, 0) is 20.3 Å². The highest BCUT2D eigenvalue weighted by Crippen LogP contribution is 2.13. The maximum atomic E-state index is 10.9. The number of nitrogens with one attached hydrogen (secondary N) is 1. The highest BCUT2D eigenvalue weighted by molar-refractivity contribution is 4.82. The summed E-state index contributed by atoms with van der Waals surface area (Å²) in [5.74, 6) is 0. The molecule has 0 aliphatic carbocycles. The fraction of sp³-hybridized carbons (Fsp3) is 1.00. The molecule has 0 aliphatic heterocycles. The first-order chi connectivity index (χ1) is 14.6. The van der Waals surface area contributed by atoms with Crippen molar-refractivity contribution in [3.05, 3.63) is 9.81 Å². The maximum absolute atomic E-state index is 10.9. The average Bonchev–Trinajstić information content (AvgIpc) is 2.72. The van der Waals surface area contributed by atoms with Crippen molar-refractivity contribution in [3.63, 3.8) is 0 Å². The van der Waals surface area contributed by atoms with Gasteiger partial charge >= 0.3 is 0 Å². The van der Waals surface area contributed by atoms with Gasteiger partial charge in [0.2, 0.25) is 0 Å². The van der Waals surface area contributed by atoms with Gasteiger partial charge < -0.3 is 10.1 Å². The van der Waals surface area contributed by atoms with Crippen LogP contribution >= 0.6 is 0 Å². The van der Waals surface area contributed by atoms with Gasteiger partial charge in [0, 0.05) is 18.7 Å². The molecule has 30 heavy (non-hydrogen) atoms. The van der Waals surface area contributed by atoms with Crippen molar-refractivity contribution < 1.29 is 4.74 Å². The molecule has 1 atom stereocenters. The van der Waals surface area contributed by atoms with E-state index in [2.05, 4.69) is 22.6 Å². The topological polar surface area (TPSA) is 80.1 Å². The number of ether oxygens (including phenoxy) is 1. The molecule has 0 aromatic heterocycles. The van der Waals surface area contributed by atoms with E-state index in [1.165, 1.54) is 89.9 Å². The Morgan fingerprint density at radius 2 is 1.23 bits per heavy atom. The second kappa shape index (κ2) is 21.4. The Morgan fingerprint density at radius 1 is 0.767 bits per heavy atom. The van der Waals surface area contributed by atoms with E-state index in [4.69, 9.17) is 4.74 Å². The second-order valence-corrected chi connectivity index (χ2v) is 9.34. The van der Waals surface area contributed by atoms with E-state index in [1.54, 1.807) is 0 Å². The smallest absolute Gasteiger partial charge is 0.128 e. The zero-order valence-electron chi connectivity index (χ0n) is 20.1. The normalized spacial score (nSPS) is 12.8. The van der Waals surface area contributed by atoms with Crippen molar-refractivity contribution >= 4 is 0 Å². The zero-order chi connectivity index (χ0) is 22.3. The minimum absolute atomic E-state index is 0.165. The van der Waals surface area contributed by atoms with Crippen molar-refractivity contribution in [2.24, 2.45) is 10.4 Å². The Balaban J connectivity index is 3.35. The summed E-state index contributed by atoms with van der Waals surface area (Å²) < 4.78 is 5.61. The number of nitroso groups, excluding NO2 is 2. The number of hydrogen-bond donors (Lipinski definition) is 1. The van der Waals surface area contributed by atoms with Crippen molar-refractivity contribution in [2.45, 2.75) is 129 Å². The predicted octanol–water partition coefficient (Wildman–Crippen LogP) is 7.14. The third-order valence-electron chi connectivity index (χ3n) is 5.63. The van der Waals surface area contributed by atoms with Gasteiger partial charge in [0.15, 0.2) is 0 Å². The van der Waals surface area contributed by atoms with Gasteiger partial charge in [-0.25, -0.2) is 0 Å². The Morgan fingerprint density at radius 3 is 1.67 bits per heavy atom. The van der Waals surface area contributed by atoms with E-state index < -0.39 is 11.6 Å². The maximum Gasteiger partial charge on any atom is 0.128 e. The molecule has 0 radical (unpaired) electrons. The molecule has 0 amide bonds. The highest BCUT2D eigenvalue weighted by atomic mass is 16.5. The van der Waals surface area contributed by atoms with Gasteiger partial charge in [0.1, 0.15) is 6.04 Å². The standard InChI is InChI=1S/C24H49N3O3/c1-4-5-6-7-8-9-10-11-12-13-14-15-16-17-18-19-30-21-23(27-29)20-25-24(2,3)22-26-28/h23,25H,4-22H2,1-3H3. The van der Waals surface area contributed by atoms with Gasteiger partial charge in [-0.15, -0.1) is 0 Å². The molecule has 0 heterocycles. The molecule has 1 N–H and O–H groups in total. The SMILES string of the molecule is CCCCCCCCCCCCCCCCCOCC(CNC(C)(C)CN=O)N=O. The Labute approximate surface area is 185 Å². The van der Waals surface area contributed by atoms with Crippen LogP contribution in [-0.4, -0.2) is 37.9 Å². The number of nitrogens with zero attached hydrogens (tertiary/aromatic N) is 2. The van der Waals surface area contributed by atoms with Gasteiger partial charge in [0.05, 0.1) is 13.2 Å². The lowest BCUT2D eigenvalue weighted by molar-refractivity contribution is 0.115. The van der Waals surface area contributed by atoms with Crippen LogP contribution in [0.15, 0.2) is 10.4 Å². The molecule has 0 aromatic rings. The number of hydrogen-bond acceptors (Lipinski definition) is 6. The fourth-order valence-electron chi connectivity index (χ4n) is 3.53. The number of rotatable bonds is 24. The molecule has 0 saturated heterocycles. The Bertz CT molecular complexity index is 392. The van der Waals surface area contributed by atoms with Crippen molar-refractivity contribution in [1.82, 2.24) is 5.32 Å². The second-order valence-electron chi connectivity index (χ2n) is 9.34. The van der Waals surface area contributed by atoms with E-state index in [0.717, 1.165) is 6.42 Å². The highest BCUT2D eigenvalue weighted by Gasteiger charge is 2.20. The van der Waals surface area contributed by atoms with Crippen LogP contribution in [0.2, 0.25) is 0 Å². The fourth-order valence-corrected chi connectivity index (χ4v) is 3.53. The molecule has 0 fully saturated rings. The Kier molecular flexibility index (Phi) is 20.7. The van der Waals surface area contributed by atoms with Crippen LogP contribution in [0.5, 0.6) is 0 Å². The van der Waals surface area contributed by atoms with Crippen LogP contribution in [0.4, 0.5) is 0 Å². The van der Waals surface area contributed by atoms with E-state index in [0.29, 0.717) is 19.8 Å². The zero-order valence-corrected chi connectivity index (χ0v) is 20.1. The third-order valence-corrected chi connectivity index (χ3v) is 5.63. The summed E-state index contributed by atoms with van der Waals surface area (Å²) in [4.78, 5) is 21.3. The summed E-state index contributed by atoms with van der Waals surface area (Å²) in [6, 6.07) is -0.424. The molecule has 0 aliphatic rings. The predicted molar refractivity (Wildman–Crippen MR) is 128 cm³/mol. The van der Waals surface area contributed by atoms with E-state index in [1.807, 2.05) is 13.8 Å². The molecule has 0 bridgehead atoms. The minimum Gasteiger partial charge on any atom is -0.379 e. The van der Waals surface area contributed by atoms with Gasteiger partial charge in [-0.1, -0.05) is 107 Å². The first kappa shape index (κ1) is 29.1. The summed E-state index contributed by atoms with van der Waals surface area (Å²) in [7, 11) is 0. The van der Waals surface area contributed by atoms with Crippen molar-refractivity contribution in [2.75, 3.05) is 26.3 Å². The average molecular weight is 428 g/mol. The van der Waals surface area contributed by atoms with Gasteiger partial charge in [-0.3, -0.25) is 0 Å². The summed E-state index contributed by atoms with van der Waals surface area (Å²) in [6.45, 7) is 7.63. The molecule has 0 rings (SSSR count). The lowest BCUT2D eigenvalue weighted by atomic mass is 10.0. The van der Waals surface area contributed by atoms with Crippen LogP contribution < -0.4 is 5.32 Å². The van der Waals surface area contributed by atoms with Crippen LogP contribution in [0.1, 0.15) is 117 Å². The first-order valence-electron chi connectivity index (χ1n) is 12.5. The van der Waals surface area contributed by atoms with Crippen LogP contribution in [0.3, 0.4) is 0 Å². The van der Waals surface area contributed by atoms with E-state index >= 15 is 0 Å². The van der Waals surface area contributed by atoms with E-state index in [-0.39, 0.29) is 6.54 Å². The van der Waals surface area contributed by atoms with Crippen molar-refractivity contribution in [1.29, 1.82) is 0 Å². The summed E-state index contributed by atoms with van der Waals surface area (Å²) in [5, 5.41) is 9.17. The largest absolute Gasteiger partial charge is 0.379 e. The molecule has 0 aromatic carbocycles.